The first-order valence-electron chi connectivity index (χ1n) is 7.55. The third-order valence-corrected chi connectivity index (χ3v) is 3.46. The Kier molecular flexibility index (Phi) is 6.17. The van der Waals surface area contributed by atoms with E-state index in [9.17, 15) is 14.3 Å². The number of benzene rings is 1. The summed E-state index contributed by atoms with van der Waals surface area (Å²) in [6, 6.07) is 9.29. The van der Waals surface area contributed by atoms with E-state index in [0.29, 0.717) is 30.7 Å². The highest BCUT2D eigenvalue weighted by Crippen LogP contribution is 2.18. The first-order chi connectivity index (χ1) is 11.1. The van der Waals surface area contributed by atoms with E-state index in [1.165, 1.54) is 12.3 Å². The van der Waals surface area contributed by atoms with Gasteiger partial charge in [0.15, 0.2) is 0 Å². The molecule has 2 atom stereocenters. The predicted octanol–water partition coefficient (Wildman–Crippen LogP) is 2.77. The van der Waals surface area contributed by atoms with Gasteiger partial charge in [-0.25, -0.2) is 9.18 Å². The largest absolute Gasteiger partial charge is 0.467 e. The molecule has 2 amide bonds. The average Bonchev–Trinajstić information content (AvgIpc) is 3.03. The molecule has 6 heteroatoms. The number of aliphatic hydroxyl groups excluding tert-OH is 1. The molecule has 0 fully saturated rings. The molecule has 1 heterocycles. The molecule has 124 valence electrons. The molecule has 2 unspecified atom stereocenters. The molecule has 0 aliphatic rings. The lowest BCUT2D eigenvalue weighted by molar-refractivity contribution is 0.129. The van der Waals surface area contributed by atoms with Gasteiger partial charge < -0.3 is 20.2 Å². The van der Waals surface area contributed by atoms with Crippen LogP contribution >= 0.6 is 0 Å². The number of aliphatic hydroxyl groups is 1. The molecule has 0 saturated heterocycles. The standard InChI is InChI=1S/C17H21FN2O3/c1-12(11-15(21)16-7-4-10-23-16)20-17(22)19-9-8-13-5-2-3-6-14(13)18/h2-7,10,12,15,21H,8-9,11H2,1H3,(H2,19,20,22). The van der Waals surface area contributed by atoms with Crippen LogP contribution in [-0.2, 0) is 6.42 Å². The van der Waals surface area contributed by atoms with E-state index in [2.05, 4.69) is 10.6 Å². The van der Waals surface area contributed by atoms with Crippen molar-refractivity contribution >= 4 is 6.03 Å². The van der Waals surface area contributed by atoms with E-state index in [-0.39, 0.29) is 17.9 Å². The van der Waals surface area contributed by atoms with Crippen LogP contribution in [0.3, 0.4) is 0 Å². The Balaban J connectivity index is 1.69. The normalized spacial score (nSPS) is 13.3. The summed E-state index contributed by atoms with van der Waals surface area (Å²) < 4.78 is 18.5. The topological polar surface area (TPSA) is 74.5 Å². The Morgan fingerprint density at radius 1 is 1.30 bits per heavy atom. The smallest absolute Gasteiger partial charge is 0.315 e. The zero-order chi connectivity index (χ0) is 16.7. The van der Waals surface area contributed by atoms with Crippen molar-refractivity contribution in [2.75, 3.05) is 6.54 Å². The molecule has 0 spiro atoms. The van der Waals surface area contributed by atoms with E-state index in [4.69, 9.17) is 4.42 Å². The summed E-state index contributed by atoms with van der Waals surface area (Å²) in [6.45, 7) is 2.13. The molecule has 0 saturated carbocycles. The minimum absolute atomic E-state index is 0.233. The number of amides is 2. The van der Waals surface area contributed by atoms with Crippen molar-refractivity contribution in [1.29, 1.82) is 0 Å². The number of rotatable bonds is 7. The fourth-order valence-corrected chi connectivity index (χ4v) is 2.28. The Bertz CT molecular complexity index is 616. The Morgan fingerprint density at radius 3 is 2.78 bits per heavy atom. The van der Waals surface area contributed by atoms with Crippen molar-refractivity contribution in [3.8, 4) is 0 Å². The number of halogens is 1. The van der Waals surface area contributed by atoms with Gasteiger partial charge in [-0.1, -0.05) is 18.2 Å². The van der Waals surface area contributed by atoms with E-state index in [1.807, 2.05) is 0 Å². The molecule has 5 nitrogen and oxygen atoms in total. The molecular weight excluding hydrogens is 299 g/mol. The van der Waals surface area contributed by atoms with Gasteiger partial charge in [-0.15, -0.1) is 0 Å². The summed E-state index contributed by atoms with van der Waals surface area (Å²) in [5.41, 5.74) is 0.564. The molecule has 0 radical (unpaired) electrons. The lowest BCUT2D eigenvalue weighted by Crippen LogP contribution is -2.42. The Labute approximate surface area is 134 Å². The van der Waals surface area contributed by atoms with Crippen molar-refractivity contribution in [2.45, 2.75) is 31.9 Å². The summed E-state index contributed by atoms with van der Waals surface area (Å²) in [5, 5.41) is 15.3. The zero-order valence-electron chi connectivity index (χ0n) is 13.0. The van der Waals surface area contributed by atoms with Crippen molar-refractivity contribution in [3.05, 3.63) is 59.8 Å². The van der Waals surface area contributed by atoms with Crippen LogP contribution in [-0.4, -0.2) is 23.7 Å². The van der Waals surface area contributed by atoms with Crippen LogP contribution in [0.25, 0.3) is 0 Å². The molecular formula is C17H21FN2O3. The molecule has 23 heavy (non-hydrogen) atoms. The first kappa shape index (κ1) is 17.0. The number of furan rings is 1. The second-order valence-electron chi connectivity index (χ2n) is 5.41. The maximum Gasteiger partial charge on any atom is 0.315 e. The summed E-state index contributed by atoms with van der Waals surface area (Å²) >= 11 is 0. The van der Waals surface area contributed by atoms with Crippen LogP contribution in [0, 0.1) is 5.82 Å². The van der Waals surface area contributed by atoms with Gasteiger partial charge in [0.1, 0.15) is 17.7 Å². The Morgan fingerprint density at radius 2 is 2.09 bits per heavy atom. The van der Waals surface area contributed by atoms with Gasteiger partial charge in [-0.3, -0.25) is 0 Å². The van der Waals surface area contributed by atoms with Crippen LogP contribution in [0.1, 0.15) is 30.8 Å². The first-order valence-corrected chi connectivity index (χ1v) is 7.55. The number of urea groups is 1. The molecule has 2 rings (SSSR count). The molecule has 3 N–H and O–H groups in total. The molecule has 1 aromatic carbocycles. The van der Waals surface area contributed by atoms with E-state index in [0.717, 1.165) is 0 Å². The number of carbonyl (C=O) groups excluding carboxylic acids is 1. The SMILES string of the molecule is CC(CC(O)c1ccco1)NC(=O)NCCc1ccccc1F. The van der Waals surface area contributed by atoms with Gasteiger partial charge >= 0.3 is 6.03 Å². The number of nitrogens with one attached hydrogen (secondary N) is 2. The molecule has 2 aromatic rings. The number of carbonyl (C=O) groups is 1. The highest BCUT2D eigenvalue weighted by Gasteiger charge is 2.16. The lowest BCUT2D eigenvalue weighted by atomic mass is 10.1. The van der Waals surface area contributed by atoms with Crippen molar-refractivity contribution in [1.82, 2.24) is 10.6 Å². The van der Waals surface area contributed by atoms with E-state index in [1.54, 1.807) is 37.3 Å². The van der Waals surface area contributed by atoms with Crippen LogP contribution in [0.4, 0.5) is 9.18 Å². The second kappa shape index (κ2) is 8.33. The third-order valence-electron chi connectivity index (χ3n) is 3.46. The number of hydrogen-bond donors (Lipinski definition) is 3. The maximum absolute atomic E-state index is 13.4. The minimum Gasteiger partial charge on any atom is -0.467 e. The summed E-state index contributed by atoms with van der Waals surface area (Å²) in [7, 11) is 0. The van der Waals surface area contributed by atoms with E-state index >= 15 is 0 Å². The fraction of sp³-hybridized carbons (Fsp3) is 0.353. The molecule has 0 aliphatic carbocycles. The fourth-order valence-electron chi connectivity index (χ4n) is 2.28. The highest BCUT2D eigenvalue weighted by molar-refractivity contribution is 5.74. The van der Waals surface area contributed by atoms with Crippen LogP contribution in [0.5, 0.6) is 0 Å². The van der Waals surface area contributed by atoms with Crippen molar-refractivity contribution < 1.29 is 18.7 Å². The predicted molar refractivity (Wildman–Crippen MR) is 84.4 cm³/mol. The van der Waals surface area contributed by atoms with Crippen molar-refractivity contribution in [2.24, 2.45) is 0 Å². The summed E-state index contributed by atoms with van der Waals surface area (Å²) in [5.74, 6) is 0.197. The monoisotopic (exact) mass is 320 g/mol. The quantitative estimate of drug-likeness (QED) is 0.734. The van der Waals surface area contributed by atoms with Crippen LogP contribution < -0.4 is 10.6 Å². The average molecular weight is 320 g/mol. The highest BCUT2D eigenvalue weighted by atomic mass is 19.1. The third kappa shape index (κ3) is 5.41. The van der Waals surface area contributed by atoms with E-state index < -0.39 is 6.10 Å². The number of hydrogen-bond acceptors (Lipinski definition) is 3. The van der Waals surface area contributed by atoms with Gasteiger partial charge in [-0.05, 0) is 37.1 Å². The second-order valence-corrected chi connectivity index (χ2v) is 5.41. The van der Waals surface area contributed by atoms with Gasteiger partial charge in [-0.2, -0.15) is 0 Å². The van der Waals surface area contributed by atoms with Gasteiger partial charge in [0, 0.05) is 19.0 Å². The van der Waals surface area contributed by atoms with Gasteiger partial charge in [0.05, 0.1) is 6.26 Å². The van der Waals surface area contributed by atoms with Gasteiger partial charge in [0.25, 0.3) is 0 Å². The van der Waals surface area contributed by atoms with Gasteiger partial charge in [0.2, 0.25) is 0 Å². The zero-order valence-corrected chi connectivity index (χ0v) is 13.0. The Hall–Kier alpha value is -2.34. The van der Waals surface area contributed by atoms with Crippen LogP contribution in [0.2, 0.25) is 0 Å². The summed E-state index contributed by atoms with van der Waals surface area (Å²) in [4.78, 5) is 11.8. The summed E-state index contributed by atoms with van der Waals surface area (Å²) in [6.07, 6.45) is 1.49. The molecule has 0 bridgehead atoms. The van der Waals surface area contributed by atoms with Crippen molar-refractivity contribution in [3.63, 3.8) is 0 Å². The maximum atomic E-state index is 13.4. The molecule has 1 aromatic heterocycles. The van der Waals surface area contributed by atoms with Crippen LogP contribution in [0.15, 0.2) is 47.1 Å². The lowest BCUT2D eigenvalue weighted by Gasteiger charge is -2.17. The molecule has 0 aliphatic heterocycles. The minimum atomic E-state index is -0.765.